The van der Waals surface area contributed by atoms with Crippen LogP contribution >= 0.6 is 11.6 Å². The van der Waals surface area contributed by atoms with Gasteiger partial charge in [-0.1, -0.05) is 23.7 Å². The molecule has 1 aromatic heterocycles. The number of nitrogens with zero attached hydrogens (tertiary/aromatic N) is 1. The molecule has 0 aliphatic rings. The van der Waals surface area contributed by atoms with Crippen LogP contribution in [0, 0.1) is 0 Å². The molecule has 0 bridgehead atoms. The van der Waals surface area contributed by atoms with Gasteiger partial charge in [-0.15, -0.1) is 0 Å². The molecule has 1 heterocycles. The first-order valence-electron chi connectivity index (χ1n) is 5.91. The average Bonchev–Trinajstić information content (AvgIpc) is 2.77. The van der Waals surface area contributed by atoms with Gasteiger partial charge in [-0.3, -0.25) is 9.59 Å². The van der Waals surface area contributed by atoms with Crippen LogP contribution in [0.3, 0.4) is 0 Å². The Labute approximate surface area is 121 Å². The first-order chi connectivity index (χ1) is 9.47. The summed E-state index contributed by atoms with van der Waals surface area (Å²) in [6.07, 6.45) is 4.52. The summed E-state index contributed by atoms with van der Waals surface area (Å²) in [5.74, 6) is -0.657. The van der Waals surface area contributed by atoms with Gasteiger partial charge in [0, 0.05) is 41.2 Å². The molecule has 20 heavy (non-hydrogen) atoms. The van der Waals surface area contributed by atoms with Gasteiger partial charge in [0.05, 0.1) is 0 Å². The number of rotatable bonds is 4. The minimum atomic E-state index is -0.533. The first-order valence-corrected chi connectivity index (χ1v) is 6.29. The Bertz CT molecular complexity index is 702. The standard InChI is InChI=1S/C15H13ClN2O2/c1-18-9-11(8-13(18)5-6-14(17)19)15(20)10-3-2-4-12(16)7-10/h2-9H,1H3,(H2,17,19)/b6-5+. The molecule has 2 aromatic rings. The van der Waals surface area contributed by atoms with E-state index in [1.54, 1.807) is 54.2 Å². The first kappa shape index (κ1) is 14.1. The molecular weight excluding hydrogens is 276 g/mol. The van der Waals surface area contributed by atoms with E-state index in [4.69, 9.17) is 17.3 Å². The number of aromatic nitrogens is 1. The highest BCUT2D eigenvalue weighted by atomic mass is 35.5. The van der Waals surface area contributed by atoms with Crippen molar-refractivity contribution < 1.29 is 9.59 Å². The van der Waals surface area contributed by atoms with Gasteiger partial charge in [-0.05, 0) is 24.3 Å². The van der Waals surface area contributed by atoms with E-state index in [0.29, 0.717) is 21.8 Å². The van der Waals surface area contributed by atoms with Crippen LogP contribution in [0.2, 0.25) is 5.02 Å². The molecule has 0 unspecified atom stereocenters. The second kappa shape index (κ2) is 5.75. The lowest BCUT2D eigenvalue weighted by atomic mass is 10.1. The molecule has 4 nitrogen and oxygen atoms in total. The smallest absolute Gasteiger partial charge is 0.241 e. The van der Waals surface area contributed by atoms with Crippen molar-refractivity contribution >= 4 is 29.4 Å². The summed E-state index contributed by atoms with van der Waals surface area (Å²) >= 11 is 5.88. The minimum absolute atomic E-state index is 0.123. The van der Waals surface area contributed by atoms with E-state index in [1.165, 1.54) is 6.08 Å². The van der Waals surface area contributed by atoms with Gasteiger partial charge < -0.3 is 10.3 Å². The third-order valence-corrected chi connectivity index (χ3v) is 3.05. The Hall–Kier alpha value is -2.33. The largest absolute Gasteiger partial charge is 0.366 e. The number of carbonyl (C=O) groups excluding carboxylic acids is 2. The molecule has 0 atom stereocenters. The molecule has 1 amide bonds. The number of amides is 1. The van der Waals surface area contributed by atoms with Crippen LogP contribution in [0.5, 0.6) is 0 Å². The molecule has 1 aromatic carbocycles. The number of aryl methyl sites for hydroxylation is 1. The average molecular weight is 289 g/mol. The highest BCUT2D eigenvalue weighted by Crippen LogP contribution is 2.17. The minimum Gasteiger partial charge on any atom is -0.366 e. The number of hydrogen-bond donors (Lipinski definition) is 1. The van der Waals surface area contributed by atoms with Crippen LogP contribution in [-0.4, -0.2) is 16.3 Å². The van der Waals surface area contributed by atoms with E-state index in [-0.39, 0.29) is 5.78 Å². The Balaban J connectivity index is 2.32. The molecule has 0 spiro atoms. The third-order valence-electron chi connectivity index (χ3n) is 2.81. The Morgan fingerprint density at radius 2 is 2.00 bits per heavy atom. The number of primary amides is 1. The molecule has 5 heteroatoms. The molecule has 0 saturated heterocycles. The van der Waals surface area contributed by atoms with Crippen molar-refractivity contribution in [3.63, 3.8) is 0 Å². The van der Waals surface area contributed by atoms with E-state index < -0.39 is 5.91 Å². The Kier molecular flexibility index (Phi) is 4.05. The van der Waals surface area contributed by atoms with Crippen LogP contribution < -0.4 is 5.73 Å². The molecule has 0 aliphatic carbocycles. The van der Waals surface area contributed by atoms with Gasteiger partial charge in [0.2, 0.25) is 5.91 Å². The fourth-order valence-electron chi connectivity index (χ4n) is 1.84. The fourth-order valence-corrected chi connectivity index (χ4v) is 2.03. The lowest BCUT2D eigenvalue weighted by molar-refractivity contribution is -0.113. The van der Waals surface area contributed by atoms with Gasteiger partial charge in [0.25, 0.3) is 0 Å². The fraction of sp³-hybridized carbons (Fsp3) is 0.0667. The second-order valence-corrected chi connectivity index (χ2v) is 4.78. The number of carbonyl (C=O) groups is 2. The number of nitrogens with two attached hydrogens (primary N) is 1. The zero-order chi connectivity index (χ0) is 14.7. The SMILES string of the molecule is Cn1cc(C(=O)c2cccc(Cl)c2)cc1/C=C/C(N)=O. The third kappa shape index (κ3) is 3.16. The summed E-state index contributed by atoms with van der Waals surface area (Å²) in [5.41, 5.74) is 6.81. The van der Waals surface area contributed by atoms with E-state index in [1.807, 2.05) is 0 Å². The van der Waals surface area contributed by atoms with Gasteiger partial charge in [-0.2, -0.15) is 0 Å². The van der Waals surface area contributed by atoms with Crippen molar-refractivity contribution in [3.05, 3.63) is 64.4 Å². The van der Waals surface area contributed by atoms with Crippen molar-refractivity contribution in [1.82, 2.24) is 4.57 Å². The predicted molar refractivity (Wildman–Crippen MR) is 78.5 cm³/mol. The number of ketones is 1. The zero-order valence-electron chi connectivity index (χ0n) is 10.8. The molecule has 0 radical (unpaired) electrons. The molecule has 0 fully saturated rings. The summed E-state index contributed by atoms with van der Waals surface area (Å²) in [7, 11) is 1.79. The Morgan fingerprint density at radius 1 is 1.25 bits per heavy atom. The topological polar surface area (TPSA) is 65.1 Å². The Morgan fingerprint density at radius 3 is 2.65 bits per heavy atom. The quantitative estimate of drug-likeness (QED) is 0.693. The van der Waals surface area contributed by atoms with Crippen LogP contribution in [0.25, 0.3) is 6.08 Å². The highest BCUT2D eigenvalue weighted by Gasteiger charge is 2.12. The van der Waals surface area contributed by atoms with Crippen molar-refractivity contribution in [2.75, 3.05) is 0 Å². The summed E-state index contributed by atoms with van der Waals surface area (Å²) in [5, 5.41) is 0.514. The molecular formula is C15H13ClN2O2. The van der Waals surface area contributed by atoms with Crippen LogP contribution in [0.4, 0.5) is 0 Å². The number of halogens is 1. The van der Waals surface area contributed by atoms with Crippen LogP contribution in [0.15, 0.2) is 42.6 Å². The van der Waals surface area contributed by atoms with Crippen LogP contribution in [0.1, 0.15) is 21.6 Å². The van der Waals surface area contributed by atoms with Gasteiger partial charge >= 0.3 is 0 Å². The normalized spacial score (nSPS) is 10.9. The summed E-state index contributed by atoms with van der Waals surface area (Å²) < 4.78 is 1.75. The van der Waals surface area contributed by atoms with Crippen molar-refractivity contribution in [2.45, 2.75) is 0 Å². The second-order valence-electron chi connectivity index (χ2n) is 4.34. The monoisotopic (exact) mass is 288 g/mol. The van der Waals surface area contributed by atoms with E-state index in [9.17, 15) is 9.59 Å². The molecule has 102 valence electrons. The summed E-state index contributed by atoms with van der Waals surface area (Å²) in [4.78, 5) is 23.0. The number of hydrogen-bond acceptors (Lipinski definition) is 2. The molecule has 0 aliphatic heterocycles. The van der Waals surface area contributed by atoms with Crippen LogP contribution in [-0.2, 0) is 11.8 Å². The molecule has 2 N–H and O–H groups in total. The van der Waals surface area contributed by atoms with Crippen molar-refractivity contribution in [2.24, 2.45) is 12.8 Å². The summed E-state index contributed by atoms with van der Waals surface area (Å²) in [6.45, 7) is 0. The lowest BCUT2D eigenvalue weighted by Gasteiger charge is -1.98. The highest BCUT2D eigenvalue weighted by molar-refractivity contribution is 6.31. The predicted octanol–water partition coefficient (Wildman–Crippen LogP) is 2.41. The van der Waals surface area contributed by atoms with Crippen molar-refractivity contribution in [1.29, 1.82) is 0 Å². The van der Waals surface area contributed by atoms with Gasteiger partial charge in [0.15, 0.2) is 5.78 Å². The van der Waals surface area contributed by atoms with Gasteiger partial charge in [0.1, 0.15) is 0 Å². The van der Waals surface area contributed by atoms with E-state index in [2.05, 4.69) is 0 Å². The lowest BCUT2D eigenvalue weighted by Crippen LogP contribution is -2.05. The van der Waals surface area contributed by atoms with Crippen molar-refractivity contribution in [3.8, 4) is 0 Å². The molecule has 2 rings (SSSR count). The number of benzene rings is 1. The van der Waals surface area contributed by atoms with Gasteiger partial charge in [-0.25, -0.2) is 0 Å². The maximum absolute atomic E-state index is 12.3. The molecule has 0 saturated carbocycles. The van der Waals surface area contributed by atoms with E-state index >= 15 is 0 Å². The van der Waals surface area contributed by atoms with E-state index in [0.717, 1.165) is 0 Å². The zero-order valence-corrected chi connectivity index (χ0v) is 11.6. The maximum Gasteiger partial charge on any atom is 0.241 e. The summed E-state index contributed by atoms with van der Waals surface area (Å²) in [6, 6.07) is 8.47. The maximum atomic E-state index is 12.3.